The maximum absolute atomic E-state index is 13.3. The summed E-state index contributed by atoms with van der Waals surface area (Å²) in [5, 5.41) is 17.8. The van der Waals surface area contributed by atoms with E-state index in [2.05, 4.69) is 38.5 Å². The van der Waals surface area contributed by atoms with E-state index in [1.807, 2.05) is 18.2 Å². The number of amides is 3. The van der Waals surface area contributed by atoms with Crippen LogP contribution in [-0.2, 0) is 31.1 Å². The molecule has 0 aromatic heterocycles. The van der Waals surface area contributed by atoms with E-state index in [0.29, 0.717) is 19.4 Å². The Balaban J connectivity index is 0.00000507. The number of ether oxygens (including phenoxy) is 1. The van der Waals surface area contributed by atoms with Gasteiger partial charge >= 0.3 is 35.7 Å². The molecule has 4 atom stereocenters. The number of nitrogens with one attached hydrogen (secondary N) is 3. The predicted molar refractivity (Wildman–Crippen MR) is 141 cm³/mol. The average Bonchev–Trinajstić information content (AvgIpc) is 3.25. The zero-order valence-electron chi connectivity index (χ0n) is 21.4. The number of alkyl carbamates (subject to hydrolysis) is 1. The molecule has 2 aliphatic rings. The molecule has 14 heteroatoms. The molecule has 3 amide bonds. The fourth-order valence-corrected chi connectivity index (χ4v) is 6.04. The van der Waals surface area contributed by atoms with Crippen LogP contribution in [0.4, 0.5) is 4.79 Å². The summed E-state index contributed by atoms with van der Waals surface area (Å²) in [7, 11) is -5.18. The maximum Gasteiger partial charge on any atom is 1.00 e. The van der Waals surface area contributed by atoms with Crippen LogP contribution in [0.1, 0.15) is 56.9 Å². The van der Waals surface area contributed by atoms with Crippen molar-refractivity contribution >= 4 is 50.6 Å². The summed E-state index contributed by atoms with van der Waals surface area (Å²) in [5.74, 6) is -1.59. The summed E-state index contributed by atoms with van der Waals surface area (Å²) in [6.07, 6.45) is 4.49. The molecule has 0 radical (unpaired) electrons. The van der Waals surface area contributed by atoms with Crippen molar-refractivity contribution in [2.45, 2.75) is 75.5 Å². The second-order valence-electron chi connectivity index (χ2n) is 9.65. The SMILES string of the molecule is O=C(N[C@@H](CC1CCCCC1)C(=O)N[C@@H](C[C@@H]1CCNC1=O)C(O)S(=O)(=O)[O-])OCc1cccc(I)c1.[Na+]. The molecule has 1 aromatic carbocycles. The Hall–Kier alpha value is -0.970. The minimum absolute atomic E-state index is 0. The van der Waals surface area contributed by atoms with Gasteiger partial charge in [-0.2, -0.15) is 0 Å². The molecule has 38 heavy (non-hydrogen) atoms. The first kappa shape index (κ1) is 33.2. The first-order valence-electron chi connectivity index (χ1n) is 12.4. The van der Waals surface area contributed by atoms with Crippen LogP contribution in [0.3, 0.4) is 0 Å². The molecule has 1 unspecified atom stereocenters. The van der Waals surface area contributed by atoms with Crippen LogP contribution >= 0.6 is 22.6 Å². The Bertz CT molecular complexity index is 1070. The van der Waals surface area contributed by atoms with Crippen LogP contribution in [0, 0.1) is 15.4 Å². The van der Waals surface area contributed by atoms with E-state index >= 15 is 0 Å². The van der Waals surface area contributed by atoms with E-state index in [4.69, 9.17) is 4.74 Å². The van der Waals surface area contributed by atoms with Crippen LogP contribution in [0.15, 0.2) is 24.3 Å². The van der Waals surface area contributed by atoms with Gasteiger partial charge in [-0.05, 0) is 65.5 Å². The van der Waals surface area contributed by atoms with Gasteiger partial charge in [0.1, 0.15) is 22.8 Å². The summed E-state index contributed by atoms with van der Waals surface area (Å²) in [6, 6.07) is 4.80. The molecule has 206 valence electrons. The number of aliphatic hydroxyl groups is 1. The quantitative estimate of drug-likeness (QED) is 0.128. The Labute approximate surface area is 258 Å². The number of aliphatic hydroxyl groups excluding tert-OH is 1. The van der Waals surface area contributed by atoms with Crippen LogP contribution in [0.25, 0.3) is 0 Å². The summed E-state index contributed by atoms with van der Waals surface area (Å²) in [6.45, 7) is 0.371. The molecule has 1 saturated heterocycles. The molecule has 1 aliphatic heterocycles. The number of benzene rings is 1. The van der Waals surface area contributed by atoms with Crippen molar-refractivity contribution in [2.75, 3.05) is 6.54 Å². The third kappa shape index (κ3) is 10.5. The van der Waals surface area contributed by atoms with Crippen molar-refractivity contribution in [1.82, 2.24) is 16.0 Å². The summed E-state index contributed by atoms with van der Waals surface area (Å²) in [5.41, 5.74) is -1.67. The molecule has 4 N–H and O–H groups in total. The van der Waals surface area contributed by atoms with Gasteiger partial charge in [0.2, 0.25) is 11.8 Å². The Morgan fingerprint density at radius 2 is 1.87 bits per heavy atom. The molecule has 3 rings (SSSR count). The van der Waals surface area contributed by atoms with Crippen LogP contribution in [0.2, 0.25) is 0 Å². The first-order chi connectivity index (χ1) is 17.5. The third-order valence-corrected chi connectivity index (χ3v) is 8.42. The summed E-state index contributed by atoms with van der Waals surface area (Å²) in [4.78, 5) is 37.9. The van der Waals surface area contributed by atoms with Gasteiger partial charge in [-0.1, -0.05) is 44.2 Å². The molecule has 1 aromatic rings. The minimum Gasteiger partial charge on any atom is -0.746 e. The van der Waals surface area contributed by atoms with E-state index in [-0.39, 0.29) is 54.4 Å². The third-order valence-electron chi connectivity index (χ3n) is 6.83. The van der Waals surface area contributed by atoms with Crippen LogP contribution in [0.5, 0.6) is 0 Å². The second kappa shape index (κ2) is 15.7. The fourth-order valence-electron chi connectivity index (χ4n) is 4.85. The van der Waals surface area contributed by atoms with Crippen molar-refractivity contribution < 1.29 is 66.8 Å². The maximum atomic E-state index is 13.3. The Morgan fingerprint density at radius 3 is 2.47 bits per heavy atom. The second-order valence-corrected chi connectivity index (χ2v) is 12.4. The van der Waals surface area contributed by atoms with Crippen molar-refractivity contribution in [2.24, 2.45) is 11.8 Å². The molecular formula is C24H33IN3NaO8S. The topological polar surface area (TPSA) is 174 Å². The van der Waals surface area contributed by atoms with E-state index in [0.717, 1.165) is 41.2 Å². The number of hydrogen-bond acceptors (Lipinski definition) is 8. The van der Waals surface area contributed by atoms with Crippen molar-refractivity contribution in [3.8, 4) is 0 Å². The molecule has 1 heterocycles. The van der Waals surface area contributed by atoms with Gasteiger partial charge in [0.25, 0.3) is 0 Å². The van der Waals surface area contributed by atoms with Crippen molar-refractivity contribution in [3.05, 3.63) is 33.4 Å². The van der Waals surface area contributed by atoms with Crippen molar-refractivity contribution in [3.63, 3.8) is 0 Å². The minimum atomic E-state index is -5.18. The smallest absolute Gasteiger partial charge is 0.746 e. The number of carbonyl (C=O) groups is 3. The number of hydrogen-bond donors (Lipinski definition) is 4. The number of halogens is 1. The molecule has 1 saturated carbocycles. The van der Waals surface area contributed by atoms with Crippen LogP contribution < -0.4 is 45.5 Å². The molecule has 11 nitrogen and oxygen atoms in total. The van der Waals surface area contributed by atoms with E-state index in [9.17, 15) is 32.5 Å². The number of carbonyl (C=O) groups excluding carboxylic acids is 3. The van der Waals surface area contributed by atoms with Gasteiger partial charge in [0, 0.05) is 16.0 Å². The van der Waals surface area contributed by atoms with Gasteiger partial charge in [-0.15, -0.1) is 0 Å². The predicted octanol–water partition coefficient (Wildman–Crippen LogP) is -1.26. The van der Waals surface area contributed by atoms with Gasteiger partial charge in [-0.3, -0.25) is 9.59 Å². The Kier molecular flexibility index (Phi) is 13.8. The largest absolute Gasteiger partial charge is 1.00 e. The van der Waals surface area contributed by atoms with Gasteiger partial charge in [0.05, 0.1) is 6.04 Å². The van der Waals surface area contributed by atoms with Gasteiger partial charge in [-0.25, -0.2) is 13.2 Å². The summed E-state index contributed by atoms with van der Waals surface area (Å²) < 4.78 is 41.0. The zero-order chi connectivity index (χ0) is 27.0. The molecule has 0 spiro atoms. The van der Waals surface area contributed by atoms with Gasteiger partial charge in [0.15, 0.2) is 5.44 Å². The normalized spacial score (nSPS) is 20.4. The van der Waals surface area contributed by atoms with E-state index in [1.54, 1.807) is 6.07 Å². The van der Waals surface area contributed by atoms with E-state index < -0.39 is 45.6 Å². The standard InChI is InChI=1S/C24H34IN3O8S.Na/c25-18-8-4-7-16(11-18)14-36-24(32)28-19(12-15-5-2-1-3-6-15)22(30)27-20(23(31)37(33,34)35)13-17-9-10-26-21(17)29;/h4,7-8,11,15,17,19-20,23,31H,1-3,5-6,9-10,12-14H2,(H,26,29)(H,27,30)(H,28,32)(H,33,34,35);/q;+1/p-1/t17-,19-,20-,23?;/m0./s1. The van der Waals surface area contributed by atoms with Crippen molar-refractivity contribution in [1.29, 1.82) is 0 Å². The fraction of sp³-hybridized carbons (Fsp3) is 0.625. The first-order valence-corrected chi connectivity index (χ1v) is 15.0. The molecular weight excluding hydrogens is 640 g/mol. The van der Waals surface area contributed by atoms with E-state index in [1.165, 1.54) is 0 Å². The zero-order valence-corrected chi connectivity index (χ0v) is 26.3. The summed E-state index contributed by atoms with van der Waals surface area (Å²) >= 11 is 2.14. The molecule has 2 fully saturated rings. The van der Waals surface area contributed by atoms with Gasteiger partial charge < -0.3 is 30.3 Å². The molecule has 0 bridgehead atoms. The number of rotatable bonds is 11. The average molecular weight is 674 g/mol. The Morgan fingerprint density at radius 1 is 1.16 bits per heavy atom. The van der Waals surface area contributed by atoms with Crippen LogP contribution in [-0.4, -0.2) is 60.0 Å². The molecule has 1 aliphatic carbocycles. The monoisotopic (exact) mass is 673 g/mol.